The minimum atomic E-state index is -0.508. The summed E-state index contributed by atoms with van der Waals surface area (Å²) < 4.78 is 13.3. The lowest BCUT2D eigenvalue weighted by molar-refractivity contribution is -0.119. The summed E-state index contributed by atoms with van der Waals surface area (Å²) in [4.78, 5) is 11.5. The van der Waals surface area contributed by atoms with Gasteiger partial charge in [0, 0.05) is 11.6 Å². The minimum Gasteiger partial charge on any atom is -0.399 e. The van der Waals surface area contributed by atoms with Gasteiger partial charge in [-0.1, -0.05) is 13.8 Å². The number of benzene rings is 1. The number of anilines is 2. The molecule has 3 nitrogen and oxygen atoms in total. The smallest absolute Gasteiger partial charge is 0.227 e. The molecule has 0 aliphatic carbocycles. The summed E-state index contributed by atoms with van der Waals surface area (Å²) in [6, 6.07) is 4.20. The number of rotatable bonds is 3. The van der Waals surface area contributed by atoms with E-state index in [0.29, 0.717) is 5.69 Å². The van der Waals surface area contributed by atoms with E-state index in [0.717, 1.165) is 6.42 Å². The number of halogens is 1. The number of carbonyl (C=O) groups excluding carboxylic acids is 1. The van der Waals surface area contributed by atoms with Gasteiger partial charge in [0.25, 0.3) is 0 Å². The Morgan fingerprint density at radius 2 is 2.27 bits per heavy atom. The van der Waals surface area contributed by atoms with E-state index in [-0.39, 0.29) is 17.5 Å². The summed E-state index contributed by atoms with van der Waals surface area (Å²) in [6.45, 7) is 3.70. The molecule has 0 bridgehead atoms. The standard InChI is InChI=1S/C11H15FN2O/c1-3-7(2)11(15)14-10-5-4-8(13)6-9(10)12/h4-7H,3,13H2,1-2H3,(H,14,15). The first kappa shape index (κ1) is 11.5. The maximum Gasteiger partial charge on any atom is 0.227 e. The SMILES string of the molecule is CCC(C)C(=O)Nc1ccc(N)cc1F. The van der Waals surface area contributed by atoms with Crippen molar-refractivity contribution in [1.29, 1.82) is 0 Å². The first-order valence-corrected chi connectivity index (χ1v) is 4.90. The fraction of sp³-hybridized carbons (Fsp3) is 0.364. The van der Waals surface area contributed by atoms with E-state index in [1.54, 1.807) is 13.0 Å². The molecule has 4 heteroatoms. The molecular formula is C11H15FN2O. The molecule has 0 saturated carbocycles. The molecule has 1 aromatic rings. The molecule has 0 fully saturated rings. The van der Waals surface area contributed by atoms with Crippen LogP contribution in [0, 0.1) is 11.7 Å². The molecule has 82 valence electrons. The first-order valence-electron chi connectivity index (χ1n) is 4.90. The summed E-state index contributed by atoms with van der Waals surface area (Å²) in [5.74, 6) is -0.810. The molecule has 1 aromatic carbocycles. The highest BCUT2D eigenvalue weighted by atomic mass is 19.1. The van der Waals surface area contributed by atoms with Crippen molar-refractivity contribution >= 4 is 17.3 Å². The van der Waals surface area contributed by atoms with Crippen LogP contribution in [0.2, 0.25) is 0 Å². The number of hydrogen-bond donors (Lipinski definition) is 2. The van der Waals surface area contributed by atoms with E-state index in [1.165, 1.54) is 12.1 Å². The highest BCUT2D eigenvalue weighted by Crippen LogP contribution is 2.17. The van der Waals surface area contributed by atoms with Crippen LogP contribution in [-0.4, -0.2) is 5.91 Å². The van der Waals surface area contributed by atoms with Gasteiger partial charge in [-0.3, -0.25) is 4.79 Å². The zero-order valence-electron chi connectivity index (χ0n) is 8.88. The lowest BCUT2D eigenvalue weighted by Crippen LogP contribution is -2.20. The van der Waals surface area contributed by atoms with Crippen molar-refractivity contribution in [3.8, 4) is 0 Å². The fourth-order valence-electron chi connectivity index (χ4n) is 1.07. The monoisotopic (exact) mass is 210 g/mol. The van der Waals surface area contributed by atoms with E-state index in [2.05, 4.69) is 5.32 Å². The third-order valence-corrected chi connectivity index (χ3v) is 2.31. The van der Waals surface area contributed by atoms with Crippen molar-refractivity contribution in [1.82, 2.24) is 0 Å². The van der Waals surface area contributed by atoms with Crippen molar-refractivity contribution in [3.63, 3.8) is 0 Å². The van der Waals surface area contributed by atoms with Crippen LogP contribution in [0.4, 0.5) is 15.8 Å². The van der Waals surface area contributed by atoms with Gasteiger partial charge < -0.3 is 11.1 Å². The van der Waals surface area contributed by atoms with Crippen molar-refractivity contribution in [3.05, 3.63) is 24.0 Å². The molecule has 0 aliphatic heterocycles. The van der Waals surface area contributed by atoms with Crippen molar-refractivity contribution in [2.75, 3.05) is 11.1 Å². The quantitative estimate of drug-likeness (QED) is 0.752. The number of nitrogens with two attached hydrogens (primary N) is 1. The number of amides is 1. The Kier molecular flexibility index (Phi) is 3.66. The van der Waals surface area contributed by atoms with Crippen LogP contribution in [0.3, 0.4) is 0 Å². The number of nitrogen functional groups attached to an aromatic ring is 1. The van der Waals surface area contributed by atoms with Crippen molar-refractivity contribution < 1.29 is 9.18 Å². The predicted molar refractivity (Wildman–Crippen MR) is 58.9 cm³/mol. The summed E-state index contributed by atoms with van der Waals surface area (Å²) in [5.41, 5.74) is 5.91. The maximum absolute atomic E-state index is 13.3. The zero-order chi connectivity index (χ0) is 11.4. The second-order valence-corrected chi connectivity index (χ2v) is 3.54. The van der Waals surface area contributed by atoms with Gasteiger partial charge in [-0.15, -0.1) is 0 Å². The van der Waals surface area contributed by atoms with E-state index >= 15 is 0 Å². The van der Waals surface area contributed by atoms with Gasteiger partial charge in [-0.05, 0) is 24.6 Å². The lowest BCUT2D eigenvalue weighted by Gasteiger charge is -2.10. The molecule has 0 aromatic heterocycles. The molecule has 0 heterocycles. The Morgan fingerprint density at radius 3 is 2.80 bits per heavy atom. The van der Waals surface area contributed by atoms with Crippen LogP contribution in [0.15, 0.2) is 18.2 Å². The van der Waals surface area contributed by atoms with E-state index in [9.17, 15) is 9.18 Å². The van der Waals surface area contributed by atoms with E-state index in [4.69, 9.17) is 5.73 Å². The van der Waals surface area contributed by atoms with Gasteiger partial charge in [-0.2, -0.15) is 0 Å². The number of carbonyl (C=O) groups is 1. The molecular weight excluding hydrogens is 195 g/mol. The molecule has 1 rings (SSSR count). The Balaban J connectivity index is 2.77. The molecule has 1 atom stereocenters. The van der Waals surface area contributed by atoms with Crippen LogP contribution in [0.25, 0.3) is 0 Å². The number of hydrogen-bond acceptors (Lipinski definition) is 2. The van der Waals surface area contributed by atoms with Gasteiger partial charge in [-0.25, -0.2) is 4.39 Å². The van der Waals surface area contributed by atoms with E-state index in [1.807, 2.05) is 6.92 Å². The summed E-state index contributed by atoms with van der Waals surface area (Å²) in [5, 5.41) is 2.52. The Bertz CT molecular complexity index is 366. The normalized spacial score (nSPS) is 12.2. The third kappa shape index (κ3) is 2.94. The van der Waals surface area contributed by atoms with Gasteiger partial charge in [0.05, 0.1) is 5.69 Å². The second-order valence-electron chi connectivity index (χ2n) is 3.54. The molecule has 0 saturated heterocycles. The third-order valence-electron chi connectivity index (χ3n) is 2.31. The van der Waals surface area contributed by atoms with Gasteiger partial charge in [0.15, 0.2) is 0 Å². The molecule has 15 heavy (non-hydrogen) atoms. The van der Waals surface area contributed by atoms with Crippen LogP contribution < -0.4 is 11.1 Å². The molecule has 0 radical (unpaired) electrons. The molecule has 1 unspecified atom stereocenters. The summed E-state index contributed by atoms with van der Waals surface area (Å²) >= 11 is 0. The lowest BCUT2D eigenvalue weighted by atomic mass is 10.1. The van der Waals surface area contributed by atoms with Crippen molar-refractivity contribution in [2.24, 2.45) is 5.92 Å². The predicted octanol–water partition coefficient (Wildman–Crippen LogP) is 2.39. The van der Waals surface area contributed by atoms with E-state index < -0.39 is 5.82 Å². The topological polar surface area (TPSA) is 55.1 Å². The summed E-state index contributed by atoms with van der Waals surface area (Å²) in [6.07, 6.45) is 0.725. The minimum absolute atomic E-state index is 0.123. The van der Waals surface area contributed by atoms with Gasteiger partial charge in [0.2, 0.25) is 5.91 Å². The maximum atomic E-state index is 13.3. The molecule has 0 aliphatic rings. The van der Waals surface area contributed by atoms with Crippen LogP contribution >= 0.6 is 0 Å². The molecule has 1 amide bonds. The highest BCUT2D eigenvalue weighted by molar-refractivity contribution is 5.92. The Morgan fingerprint density at radius 1 is 1.60 bits per heavy atom. The van der Waals surface area contributed by atoms with Gasteiger partial charge >= 0.3 is 0 Å². The Hall–Kier alpha value is -1.58. The van der Waals surface area contributed by atoms with Crippen LogP contribution in [0.5, 0.6) is 0 Å². The molecule has 0 spiro atoms. The average molecular weight is 210 g/mol. The largest absolute Gasteiger partial charge is 0.399 e. The first-order chi connectivity index (χ1) is 7.04. The fourth-order valence-corrected chi connectivity index (χ4v) is 1.07. The zero-order valence-corrected chi connectivity index (χ0v) is 8.88. The Labute approximate surface area is 88.5 Å². The van der Waals surface area contributed by atoms with Crippen LogP contribution in [-0.2, 0) is 4.79 Å². The molecule has 3 N–H and O–H groups in total. The van der Waals surface area contributed by atoms with Crippen molar-refractivity contribution in [2.45, 2.75) is 20.3 Å². The summed E-state index contributed by atoms with van der Waals surface area (Å²) in [7, 11) is 0. The second kappa shape index (κ2) is 4.77. The average Bonchev–Trinajstić information content (AvgIpc) is 2.20. The van der Waals surface area contributed by atoms with Gasteiger partial charge in [0.1, 0.15) is 5.82 Å². The highest BCUT2D eigenvalue weighted by Gasteiger charge is 2.12. The number of nitrogens with one attached hydrogen (secondary N) is 1. The van der Waals surface area contributed by atoms with Crippen LogP contribution in [0.1, 0.15) is 20.3 Å².